The SMILES string of the molecule is Cc1csc([C@H](Nc2nc(C)ns2)C2CC2)n1. The number of hydrogen-bond acceptors (Lipinski definition) is 6. The molecule has 1 atom stereocenters. The highest BCUT2D eigenvalue weighted by Crippen LogP contribution is 2.43. The third-order valence-corrected chi connectivity index (χ3v) is 4.59. The van der Waals surface area contributed by atoms with Crippen molar-refractivity contribution in [1.82, 2.24) is 14.3 Å². The Balaban J connectivity index is 1.81. The normalized spacial score (nSPS) is 17.1. The van der Waals surface area contributed by atoms with Gasteiger partial charge in [-0.05, 0) is 32.6 Å². The number of nitrogens with zero attached hydrogens (tertiary/aromatic N) is 3. The van der Waals surface area contributed by atoms with Crippen LogP contribution in [-0.4, -0.2) is 14.3 Å². The minimum absolute atomic E-state index is 0.320. The molecule has 17 heavy (non-hydrogen) atoms. The van der Waals surface area contributed by atoms with Crippen LogP contribution in [0.1, 0.15) is 35.4 Å². The summed E-state index contributed by atoms with van der Waals surface area (Å²) in [5.74, 6) is 1.55. The van der Waals surface area contributed by atoms with E-state index in [1.54, 1.807) is 11.3 Å². The highest BCUT2D eigenvalue weighted by atomic mass is 32.1. The maximum atomic E-state index is 4.59. The smallest absolute Gasteiger partial charge is 0.203 e. The van der Waals surface area contributed by atoms with Crippen molar-refractivity contribution in [2.75, 3.05) is 5.32 Å². The van der Waals surface area contributed by atoms with Gasteiger partial charge in [0, 0.05) is 22.6 Å². The summed E-state index contributed by atoms with van der Waals surface area (Å²) in [6.45, 7) is 3.96. The first-order valence-corrected chi connectivity index (χ1v) is 7.36. The summed E-state index contributed by atoms with van der Waals surface area (Å²) in [6, 6.07) is 0.320. The first-order chi connectivity index (χ1) is 8.22. The highest BCUT2D eigenvalue weighted by molar-refractivity contribution is 7.10. The molecule has 90 valence electrons. The van der Waals surface area contributed by atoms with E-state index in [1.807, 2.05) is 13.8 Å². The zero-order valence-corrected chi connectivity index (χ0v) is 11.4. The van der Waals surface area contributed by atoms with Crippen molar-refractivity contribution in [2.45, 2.75) is 32.7 Å². The Kier molecular flexibility index (Phi) is 2.84. The maximum Gasteiger partial charge on any atom is 0.203 e. The van der Waals surface area contributed by atoms with Crippen LogP contribution < -0.4 is 5.32 Å². The molecule has 1 saturated carbocycles. The van der Waals surface area contributed by atoms with Crippen molar-refractivity contribution in [3.05, 3.63) is 21.9 Å². The van der Waals surface area contributed by atoms with E-state index in [9.17, 15) is 0 Å². The second-order valence-corrected chi connectivity index (χ2v) is 6.07. The summed E-state index contributed by atoms with van der Waals surface area (Å²) >= 11 is 3.16. The Labute approximate surface area is 108 Å². The molecule has 3 rings (SSSR count). The van der Waals surface area contributed by atoms with Crippen LogP contribution in [0.2, 0.25) is 0 Å². The molecule has 1 N–H and O–H groups in total. The molecule has 1 aliphatic carbocycles. The van der Waals surface area contributed by atoms with Gasteiger partial charge < -0.3 is 5.32 Å². The van der Waals surface area contributed by atoms with E-state index in [-0.39, 0.29) is 0 Å². The first kappa shape index (κ1) is 11.1. The largest absolute Gasteiger partial charge is 0.351 e. The van der Waals surface area contributed by atoms with Crippen molar-refractivity contribution in [3.63, 3.8) is 0 Å². The number of hydrogen-bond donors (Lipinski definition) is 1. The fourth-order valence-electron chi connectivity index (χ4n) is 1.81. The van der Waals surface area contributed by atoms with Gasteiger partial charge in [0.25, 0.3) is 0 Å². The molecule has 0 spiro atoms. The third kappa shape index (κ3) is 2.47. The van der Waals surface area contributed by atoms with Gasteiger partial charge in [-0.3, -0.25) is 0 Å². The third-order valence-electron chi connectivity index (χ3n) is 2.80. The van der Waals surface area contributed by atoms with E-state index in [2.05, 4.69) is 25.0 Å². The van der Waals surface area contributed by atoms with E-state index >= 15 is 0 Å². The summed E-state index contributed by atoms with van der Waals surface area (Å²) in [6.07, 6.45) is 2.57. The minimum atomic E-state index is 0.320. The first-order valence-electron chi connectivity index (χ1n) is 5.71. The molecule has 6 heteroatoms. The van der Waals surface area contributed by atoms with Gasteiger partial charge in [-0.15, -0.1) is 11.3 Å². The van der Waals surface area contributed by atoms with Gasteiger partial charge in [-0.25, -0.2) is 9.97 Å². The van der Waals surface area contributed by atoms with Crippen LogP contribution in [0.5, 0.6) is 0 Å². The van der Waals surface area contributed by atoms with E-state index in [4.69, 9.17) is 0 Å². The molecule has 0 saturated heterocycles. The Bertz CT molecular complexity index is 515. The number of thiazole rings is 1. The zero-order valence-electron chi connectivity index (χ0n) is 9.80. The Morgan fingerprint density at radius 1 is 1.35 bits per heavy atom. The molecule has 0 radical (unpaired) electrons. The molecule has 0 aromatic carbocycles. The van der Waals surface area contributed by atoms with Gasteiger partial charge in [-0.2, -0.15) is 4.37 Å². The molecule has 0 amide bonds. The Hall–Kier alpha value is -1.01. The van der Waals surface area contributed by atoms with Crippen molar-refractivity contribution in [3.8, 4) is 0 Å². The number of aromatic nitrogens is 3. The average molecular weight is 266 g/mol. The molecule has 2 heterocycles. The number of anilines is 1. The van der Waals surface area contributed by atoms with Crippen LogP contribution in [0, 0.1) is 19.8 Å². The lowest BCUT2D eigenvalue weighted by molar-refractivity contribution is 0.671. The highest BCUT2D eigenvalue weighted by Gasteiger charge is 2.34. The van der Waals surface area contributed by atoms with E-state index in [1.165, 1.54) is 29.4 Å². The van der Waals surface area contributed by atoms with E-state index < -0.39 is 0 Å². The standard InChI is InChI=1S/C11H14N4S2/c1-6-5-16-10(12-6)9(8-3-4-8)14-11-13-7(2)15-17-11/h5,8-9H,3-4H2,1-2H3,(H,13,14,15)/t9-/m1/s1. The topological polar surface area (TPSA) is 50.7 Å². The van der Waals surface area contributed by atoms with Gasteiger partial charge in [0.05, 0.1) is 6.04 Å². The number of aryl methyl sites for hydroxylation is 2. The van der Waals surface area contributed by atoms with Crippen LogP contribution in [0.3, 0.4) is 0 Å². The van der Waals surface area contributed by atoms with Gasteiger partial charge in [0.2, 0.25) is 5.13 Å². The van der Waals surface area contributed by atoms with Crippen molar-refractivity contribution in [1.29, 1.82) is 0 Å². The molecule has 0 bridgehead atoms. The lowest BCUT2D eigenvalue weighted by Crippen LogP contribution is -2.12. The monoisotopic (exact) mass is 266 g/mol. The van der Waals surface area contributed by atoms with Crippen LogP contribution in [0.4, 0.5) is 5.13 Å². The average Bonchev–Trinajstić information content (AvgIpc) is 2.92. The second-order valence-electron chi connectivity index (χ2n) is 4.43. The summed E-state index contributed by atoms with van der Waals surface area (Å²) in [5, 5.41) is 7.68. The van der Waals surface area contributed by atoms with Gasteiger partial charge >= 0.3 is 0 Å². The van der Waals surface area contributed by atoms with E-state index in [0.717, 1.165) is 16.6 Å². The fraction of sp³-hybridized carbons (Fsp3) is 0.545. The van der Waals surface area contributed by atoms with Crippen LogP contribution in [0.15, 0.2) is 5.38 Å². The second kappa shape index (κ2) is 4.34. The predicted molar refractivity (Wildman–Crippen MR) is 70.6 cm³/mol. The van der Waals surface area contributed by atoms with Gasteiger partial charge in [0.15, 0.2) is 0 Å². The molecule has 2 aromatic rings. The maximum absolute atomic E-state index is 4.59. The zero-order chi connectivity index (χ0) is 11.8. The molecule has 1 fully saturated rings. The van der Waals surface area contributed by atoms with Crippen LogP contribution in [-0.2, 0) is 0 Å². The number of rotatable bonds is 4. The quantitative estimate of drug-likeness (QED) is 0.923. The van der Waals surface area contributed by atoms with Crippen molar-refractivity contribution in [2.24, 2.45) is 5.92 Å². The molecule has 1 aliphatic rings. The van der Waals surface area contributed by atoms with Crippen molar-refractivity contribution < 1.29 is 0 Å². The molecular formula is C11H14N4S2. The molecular weight excluding hydrogens is 252 g/mol. The minimum Gasteiger partial charge on any atom is -0.351 e. The fourth-order valence-corrected chi connectivity index (χ4v) is 3.37. The molecule has 0 unspecified atom stereocenters. The Morgan fingerprint density at radius 2 is 2.18 bits per heavy atom. The van der Waals surface area contributed by atoms with Crippen molar-refractivity contribution >= 4 is 28.0 Å². The summed E-state index contributed by atoms with van der Waals surface area (Å²) in [7, 11) is 0. The lowest BCUT2D eigenvalue weighted by Gasteiger charge is -2.14. The van der Waals surface area contributed by atoms with E-state index in [0.29, 0.717) is 12.0 Å². The molecule has 2 aromatic heterocycles. The lowest BCUT2D eigenvalue weighted by atomic mass is 10.2. The van der Waals surface area contributed by atoms with Gasteiger partial charge in [0.1, 0.15) is 10.8 Å². The summed E-state index contributed by atoms with van der Waals surface area (Å²) < 4.78 is 4.20. The van der Waals surface area contributed by atoms with Crippen LogP contribution >= 0.6 is 22.9 Å². The Morgan fingerprint density at radius 3 is 2.71 bits per heavy atom. The summed E-state index contributed by atoms with van der Waals surface area (Å²) in [4.78, 5) is 8.95. The van der Waals surface area contributed by atoms with Gasteiger partial charge in [-0.1, -0.05) is 0 Å². The molecule has 4 nitrogen and oxygen atoms in total. The summed E-state index contributed by atoms with van der Waals surface area (Å²) in [5.41, 5.74) is 1.10. The van der Waals surface area contributed by atoms with Crippen LogP contribution in [0.25, 0.3) is 0 Å². The molecule has 0 aliphatic heterocycles. The predicted octanol–water partition coefficient (Wildman–Crippen LogP) is 3.17. The number of nitrogens with one attached hydrogen (secondary N) is 1.